The molecule has 3 nitrogen and oxygen atoms in total. The van der Waals surface area contributed by atoms with Gasteiger partial charge in [-0.15, -0.1) is 0 Å². The molecule has 6 heteroatoms. The van der Waals surface area contributed by atoms with E-state index in [2.05, 4.69) is 15.9 Å². The minimum atomic E-state index is -2.79. The lowest BCUT2D eigenvalue weighted by Gasteiger charge is -2.13. The third kappa shape index (κ3) is 2.43. The first-order chi connectivity index (χ1) is 6.97. The second-order valence-electron chi connectivity index (χ2n) is 2.87. The van der Waals surface area contributed by atoms with Crippen LogP contribution in [-0.2, 0) is 0 Å². The summed E-state index contributed by atoms with van der Waals surface area (Å²) in [5.74, 6) is -0.359. The number of halogens is 3. The van der Waals surface area contributed by atoms with Crippen LogP contribution < -0.4 is 5.73 Å². The summed E-state index contributed by atoms with van der Waals surface area (Å²) >= 11 is 2.95. The first kappa shape index (κ1) is 11.9. The smallest absolute Gasteiger partial charge is 0.257 e. The molecule has 0 saturated carbocycles. The number of hydrogen-bond acceptors (Lipinski definition) is 3. The lowest BCUT2D eigenvalue weighted by atomic mass is 10.0. The Labute approximate surface area is 93.3 Å². The van der Waals surface area contributed by atoms with Crippen molar-refractivity contribution in [3.8, 4) is 11.8 Å². The summed E-state index contributed by atoms with van der Waals surface area (Å²) in [6.45, 7) is 0. The van der Waals surface area contributed by atoms with Crippen LogP contribution in [0.5, 0.6) is 5.75 Å². The van der Waals surface area contributed by atoms with Crippen molar-refractivity contribution in [1.82, 2.24) is 0 Å². The van der Waals surface area contributed by atoms with Crippen LogP contribution in [-0.4, -0.2) is 11.5 Å². The molecule has 1 aromatic carbocycles. The first-order valence-electron chi connectivity index (χ1n) is 3.93. The fourth-order valence-electron chi connectivity index (χ4n) is 1.07. The topological polar surface area (TPSA) is 70.0 Å². The van der Waals surface area contributed by atoms with Crippen LogP contribution in [0.25, 0.3) is 0 Å². The van der Waals surface area contributed by atoms with Crippen LogP contribution in [0.2, 0.25) is 0 Å². The molecule has 1 rings (SSSR count). The third-order valence-corrected chi connectivity index (χ3v) is 2.46. The summed E-state index contributed by atoms with van der Waals surface area (Å²) in [5, 5.41) is 18.1. The SMILES string of the molecule is N#Cc1cc(Br)c(O)c([C@@H](N)C(F)F)c1. The molecule has 0 aliphatic carbocycles. The molecule has 1 aromatic rings. The summed E-state index contributed by atoms with van der Waals surface area (Å²) in [6.07, 6.45) is -2.79. The highest BCUT2D eigenvalue weighted by Gasteiger charge is 2.22. The predicted molar refractivity (Wildman–Crippen MR) is 53.5 cm³/mol. The third-order valence-electron chi connectivity index (χ3n) is 1.85. The molecule has 1 atom stereocenters. The molecule has 0 aromatic heterocycles. The molecule has 0 fully saturated rings. The van der Waals surface area contributed by atoms with Gasteiger partial charge in [0.05, 0.1) is 22.1 Å². The Morgan fingerprint density at radius 2 is 2.07 bits per heavy atom. The van der Waals surface area contributed by atoms with E-state index in [4.69, 9.17) is 11.0 Å². The molecule has 0 saturated heterocycles. The van der Waals surface area contributed by atoms with Crippen molar-refractivity contribution in [2.45, 2.75) is 12.5 Å². The van der Waals surface area contributed by atoms with Gasteiger partial charge in [0.25, 0.3) is 6.43 Å². The monoisotopic (exact) mass is 276 g/mol. The number of alkyl halides is 2. The van der Waals surface area contributed by atoms with Crippen LogP contribution in [0.3, 0.4) is 0 Å². The summed E-state index contributed by atoms with van der Waals surface area (Å²) in [5.41, 5.74) is 5.21. The number of nitrogens with two attached hydrogens (primary N) is 1. The summed E-state index contributed by atoms with van der Waals surface area (Å²) < 4.78 is 24.8. The van der Waals surface area contributed by atoms with E-state index in [9.17, 15) is 13.9 Å². The second kappa shape index (κ2) is 4.55. The van der Waals surface area contributed by atoms with Crippen LogP contribution in [0, 0.1) is 11.3 Å². The molecule has 80 valence electrons. The van der Waals surface area contributed by atoms with Gasteiger partial charge in [0.15, 0.2) is 0 Å². The van der Waals surface area contributed by atoms with Gasteiger partial charge in [-0.05, 0) is 28.1 Å². The maximum Gasteiger partial charge on any atom is 0.257 e. The van der Waals surface area contributed by atoms with E-state index in [0.717, 1.165) is 6.07 Å². The average molecular weight is 277 g/mol. The maximum absolute atomic E-state index is 12.3. The highest BCUT2D eigenvalue weighted by molar-refractivity contribution is 9.10. The molecular weight excluding hydrogens is 270 g/mol. The Hall–Kier alpha value is -1.19. The Morgan fingerprint density at radius 1 is 1.47 bits per heavy atom. The van der Waals surface area contributed by atoms with E-state index < -0.39 is 12.5 Å². The van der Waals surface area contributed by atoms with Gasteiger partial charge in [-0.2, -0.15) is 5.26 Å². The first-order valence-corrected chi connectivity index (χ1v) is 4.73. The van der Waals surface area contributed by atoms with Crippen LogP contribution in [0.4, 0.5) is 8.78 Å². The molecule has 0 bridgehead atoms. The quantitative estimate of drug-likeness (QED) is 0.871. The number of nitriles is 1. The number of phenolic OH excluding ortho intramolecular Hbond substituents is 1. The Balaban J connectivity index is 3.29. The van der Waals surface area contributed by atoms with E-state index in [-0.39, 0.29) is 21.3 Å². The fourth-order valence-corrected chi connectivity index (χ4v) is 1.55. The minimum absolute atomic E-state index is 0.143. The van der Waals surface area contributed by atoms with E-state index in [0.29, 0.717) is 0 Å². The number of rotatable bonds is 2. The summed E-state index contributed by atoms with van der Waals surface area (Å²) in [7, 11) is 0. The standard InChI is InChI=1S/C9H7BrF2N2O/c10-6-2-4(3-13)1-5(8(6)15)7(14)9(11)12/h1-2,7,9,15H,14H2/t7-/m1/s1. The molecule has 0 aliphatic rings. The van der Waals surface area contributed by atoms with Crippen LogP contribution >= 0.6 is 15.9 Å². The highest BCUT2D eigenvalue weighted by Crippen LogP contribution is 2.34. The summed E-state index contributed by atoms with van der Waals surface area (Å²) in [6, 6.07) is 2.67. The molecule has 3 N–H and O–H groups in total. The number of nitrogens with zero attached hydrogens (tertiary/aromatic N) is 1. The van der Waals surface area contributed by atoms with Gasteiger partial charge >= 0.3 is 0 Å². The maximum atomic E-state index is 12.3. The van der Waals surface area contributed by atoms with E-state index in [1.54, 1.807) is 6.07 Å². The zero-order chi connectivity index (χ0) is 11.6. The van der Waals surface area contributed by atoms with Gasteiger partial charge in [0.2, 0.25) is 0 Å². The molecular formula is C9H7BrF2N2O. The molecule has 0 amide bonds. The van der Waals surface area contributed by atoms with Crippen molar-refractivity contribution in [3.63, 3.8) is 0 Å². The zero-order valence-corrected chi connectivity index (χ0v) is 9.00. The Kier molecular flexibility index (Phi) is 3.61. The normalized spacial score (nSPS) is 12.5. The molecule has 0 heterocycles. The van der Waals surface area contributed by atoms with Gasteiger partial charge in [-0.25, -0.2) is 8.78 Å². The van der Waals surface area contributed by atoms with Crippen molar-refractivity contribution < 1.29 is 13.9 Å². The molecule has 0 radical (unpaired) electrons. The van der Waals surface area contributed by atoms with E-state index >= 15 is 0 Å². The van der Waals surface area contributed by atoms with Gasteiger partial charge in [0.1, 0.15) is 5.75 Å². The average Bonchev–Trinajstić information content (AvgIpc) is 2.20. The van der Waals surface area contributed by atoms with Gasteiger partial charge in [-0.1, -0.05) is 0 Å². The summed E-state index contributed by atoms with van der Waals surface area (Å²) in [4.78, 5) is 0. The van der Waals surface area contributed by atoms with E-state index in [1.165, 1.54) is 6.07 Å². The lowest BCUT2D eigenvalue weighted by Crippen LogP contribution is -2.19. The largest absolute Gasteiger partial charge is 0.506 e. The molecule has 0 aliphatic heterocycles. The number of phenols is 1. The highest BCUT2D eigenvalue weighted by atomic mass is 79.9. The van der Waals surface area contributed by atoms with Crippen molar-refractivity contribution >= 4 is 15.9 Å². The van der Waals surface area contributed by atoms with Crippen molar-refractivity contribution in [2.24, 2.45) is 5.73 Å². The lowest BCUT2D eigenvalue weighted by molar-refractivity contribution is 0.115. The van der Waals surface area contributed by atoms with Crippen molar-refractivity contribution in [2.75, 3.05) is 0 Å². The van der Waals surface area contributed by atoms with Crippen molar-refractivity contribution in [3.05, 3.63) is 27.7 Å². The van der Waals surface area contributed by atoms with Gasteiger partial charge < -0.3 is 10.8 Å². The number of hydrogen-bond donors (Lipinski definition) is 2. The number of benzene rings is 1. The Bertz CT molecular complexity index is 417. The minimum Gasteiger partial charge on any atom is -0.506 e. The number of aromatic hydroxyl groups is 1. The zero-order valence-electron chi connectivity index (χ0n) is 7.42. The van der Waals surface area contributed by atoms with Crippen LogP contribution in [0.15, 0.2) is 16.6 Å². The van der Waals surface area contributed by atoms with Crippen molar-refractivity contribution in [1.29, 1.82) is 5.26 Å². The van der Waals surface area contributed by atoms with E-state index in [1.807, 2.05) is 0 Å². The molecule has 15 heavy (non-hydrogen) atoms. The molecule has 0 unspecified atom stereocenters. The van der Waals surface area contributed by atoms with Gasteiger partial charge in [-0.3, -0.25) is 0 Å². The molecule has 0 spiro atoms. The Morgan fingerprint density at radius 3 is 2.53 bits per heavy atom. The fraction of sp³-hybridized carbons (Fsp3) is 0.222. The van der Waals surface area contributed by atoms with Gasteiger partial charge in [0, 0.05) is 5.56 Å². The second-order valence-corrected chi connectivity index (χ2v) is 3.72. The predicted octanol–water partition coefficient (Wildman–Crippen LogP) is 2.29. The van der Waals surface area contributed by atoms with Crippen LogP contribution in [0.1, 0.15) is 17.2 Å².